The molecule has 0 saturated heterocycles. The first-order valence-electron chi connectivity index (χ1n) is 10.7. The third-order valence-corrected chi connectivity index (χ3v) is 5.86. The van der Waals surface area contributed by atoms with E-state index >= 15 is 0 Å². The maximum Gasteiger partial charge on any atom is 0.191 e. The third kappa shape index (κ3) is 5.11. The van der Waals surface area contributed by atoms with Crippen molar-refractivity contribution in [3.8, 4) is 0 Å². The predicted octanol–water partition coefficient (Wildman–Crippen LogP) is 3.96. The molecule has 7 heteroatoms. The van der Waals surface area contributed by atoms with Crippen molar-refractivity contribution >= 4 is 35.6 Å². The summed E-state index contributed by atoms with van der Waals surface area (Å²) in [6.07, 6.45) is 7.80. The van der Waals surface area contributed by atoms with Gasteiger partial charge in [-0.2, -0.15) is 0 Å². The second-order valence-corrected chi connectivity index (χ2v) is 7.77. The summed E-state index contributed by atoms with van der Waals surface area (Å²) in [7, 11) is 0. The molecule has 3 aromatic rings. The van der Waals surface area contributed by atoms with E-state index in [1.165, 1.54) is 31.2 Å². The largest absolute Gasteiger partial charge is 0.357 e. The first-order chi connectivity index (χ1) is 14.3. The fourth-order valence-electron chi connectivity index (χ4n) is 4.31. The lowest BCUT2D eigenvalue weighted by Gasteiger charge is -2.28. The molecule has 0 atom stereocenters. The Kier molecular flexibility index (Phi) is 8.07. The highest BCUT2D eigenvalue weighted by molar-refractivity contribution is 14.0. The van der Waals surface area contributed by atoms with E-state index in [1.807, 2.05) is 28.8 Å². The standard InChI is InChI=1S/C23H30N6.HI/c1-2-24-22(25-16-13-21-28-27-20-12-6-9-17-29(20)21)26-18-23(14-7-8-15-23)19-10-4-3-5-11-19;/h3-6,9-12,17H,2,7-8,13-16,18H2,1H3,(H2,24,25,26);1H. The molecule has 1 fully saturated rings. The first-order valence-corrected chi connectivity index (χ1v) is 10.7. The van der Waals surface area contributed by atoms with Gasteiger partial charge in [0, 0.05) is 31.1 Å². The number of aromatic nitrogens is 3. The van der Waals surface area contributed by atoms with E-state index in [1.54, 1.807) is 0 Å². The molecule has 2 heterocycles. The molecule has 30 heavy (non-hydrogen) atoms. The number of aliphatic imine (C=N–C) groups is 1. The maximum absolute atomic E-state index is 4.98. The minimum atomic E-state index is 0. The van der Waals surface area contributed by atoms with Crippen molar-refractivity contribution in [3.05, 3.63) is 66.1 Å². The van der Waals surface area contributed by atoms with Crippen LogP contribution < -0.4 is 10.6 Å². The van der Waals surface area contributed by atoms with Crippen molar-refractivity contribution in [1.29, 1.82) is 0 Å². The van der Waals surface area contributed by atoms with E-state index in [9.17, 15) is 0 Å². The minimum absolute atomic E-state index is 0. The van der Waals surface area contributed by atoms with E-state index in [2.05, 4.69) is 58.1 Å². The van der Waals surface area contributed by atoms with Crippen LogP contribution in [0.25, 0.3) is 5.65 Å². The van der Waals surface area contributed by atoms with Crippen molar-refractivity contribution in [2.45, 2.75) is 44.4 Å². The summed E-state index contributed by atoms with van der Waals surface area (Å²) < 4.78 is 2.04. The molecule has 160 valence electrons. The lowest BCUT2D eigenvalue weighted by Crippen LogP contribution is -2.40. The third-order valence-electron chi connectivity index (χ3n) is 5.86. The second-order valence-electron chi connectivity index (χ2n) is 7.77. The van der Waals surface area contributed by atoms with Crippen molar-refractivity contribution < 1.29 is 0 Å². The Bertz CT molecular complexity index is 946. The maximum atomic E-state index is 4.98. The van der Waals surface area contributed by atoms with Gasteiger partial charge >= 0.3 is 0 Å². The summed E-state index contributed by atoms with van der Waals surface area (Å²) in [5, 5.41) is 15.4. The van der Waals surface area contributed by atoms with Crippen LogP contribution in [-0.2, 0) is 11.8 Å². The number of nitrogens with zero attached hydrogens (tertiary/aromatic N) is 4. The fourth-order valence-corrected chi connectivity index (χ4v) is 4.31. The molecule has 0 radical (unpaired) electrons. The number of pyridine rings is 1. The van der Waals surface area contributed by atoms with Crippen LogP contribution in [0.5, 0.6) is 0 Å². The lowest BCUT2D eigenvalue weighted by atomic mass is 9.79. The smallest absolute Gasteiger partial charge is 0.191 e. The molecule has 2 N–H and O–H groups in total. The summed E-state index contributed by atoms with van der Waals surface area (Å²) in [6.45, 7) is 4.53. The SMILES string of the molecule is CCNC(=NCC1(c2ccccc2)CCCC1)NCCc1nnc2ccccn12.I. The summed E-state index contributed by atoms with van der Waals surface area (Å²) in [5.41, 5.74) is 2.48. The van der Waals surface area contributed by atoms with Gasteiger partial charge in [0.25, 0.3) is 0 Å². The predicted molar refractivity (Wildman–Crippen MR) is 133 cm³/mol. The molecule has 1 aliphatic rings. The van der Waals surface area contributed by atoms with Gasteiger partial charge in [0.15, 0.2) is 11.6 Å². The fraction of sp³-hybridized carbons (Fsp3) is 0.435. The molecule has 2 aromatic heterocycles. The number of nitrogens with one attached hydrogen (secondary N) is 2. The van der Waals surface area contributed by atoms with Gasteiger partial charge in [-0.1, -0.05) is 49.2 Å². The Morgan fingerprint density at radius 2 is 1.80 bits per heavy atom. The van der Waals surface area contributed by atoms with Crippen molar-refractivity contribution in [1.82, 2.24) is 25.2 Å². The average molecular weight is 518 g/mol. The van der Waals surface area contributed by atoms with E-state index < -0.39 is 0 Å². The lowest BCUT2D eigenvalue weighted by molar-refractivity contribution is 0.452. The molecule has 0 bridgehead atoms. The highest BCUT2D eigenvalue weighted by Gasteiger charge is 2.35. The highest BCUT2D eigenvalue weighted by Crippen LogP contribution is 2.41. The van der Waals surface area contributed by atoms with Crippen LogP contribution in [-0.4, -0.2) is 40.2 Å². The van der Waals surface area contributed by atoms with Gasteiger partial charge in [-0.3, -0.25) is 9.39 Å². The Balaban J connectivity index is 0.00000256. The van der Waals surface area contributed by atoms with E-state index in [0.29, 0.717) is 0 Å². The zero-order valence-corrected chi connectivity index (χ0v) is 19.9. The summed E-state index contributed by atoms with van der Waals surface area (Å²) in [6, 6.07) is 16.9. The van der Waals surface area contributed by atoms with Crippen LogP contribution in [0.3, 0.4) is 0 Å². The van der Waals surface area contributed by atoms with Crippen LogP contribution >= 0.6 is 24.0 Å². The van der Waals surface area contributed by atoms with Gasteiger partial charge in [0.1, 0.15) is 5.82 Å². The number of benzene rings is 1. The van der Waals surface area contributed by atoms with E-state index in [4.69, 9.17) is 4.99 Å². The summed E-state index contributed by atoms with van der Waals surface area (Å²) in [4.78, 5) is 4.98. The zero-order chi connectivity index (χ0) is 19.9. The van der Waals surface area contributed by atoms with Gasteiger partial charge < -0.3 is 10.6 Å². The monoisotopic (exact) mass is 518 g/mol. The average Bonchev–Trinajstić information content (AvgIpc) is 3.41. The van der Waals surface area contributed by atoms with Crippen LogP contribution in [0, 0.1) is 0 Å². The first kappa shape index (κ1) is 22.5. The van der Waals surface area contributed by atoms with Gasteiger partial charge in [-0.25, -0.2) is 0 Å². The van der Waals surface area contributed by atoms with Crippen molar-refractivity contribution in [2.24, 2.45) is 4.99 Å². The number of halogens is 1. The molecule has 0 spiro atoms. The summed E-state index contributed by atoms with van der Waals surface area (Å²) >= 11 is 0. The highest BCUT2D eigenvalue weighted by atomic mass is 127. The quantitative estimate of drug-likeness (QED) is 0.283. The molecule has 0 unspecified atom stereocenters. The van der Waals surface area contributed by atoms with Gasteiger partial charge in [-0.15, -0.1) is 34.2 Å². The molecule has 0 aliphatic heterocycles. The van der Waals surface area contributed by atoms with Gasteiger partial charge in [0.2, 0.25) is 0 Å². The topological polar surface area (TPSA) is 66.6 Å². The van der Waals surface area contributed by atoms with Gasteiger partial charge in [0.05, 0.1) is 6.54 Å². The molecule has 0 amide bonds. The summed E-state index contributed by atoms with van der Waals surface area (Å²) in [5.74, 6) is 1.84. The van der Waals surface area contributed by atoms with E-state index in [-0.39, 0.29) is 29.4 Å². The van der Waals surface area contributed by atoms with Crippen LogP contribution in [0.15, 0.2) is 59.7 Å². The van der Waals surface area contributed by atoms with Crippen LogP contribution in [0.2, 0.25) is 0 Å². The van der Waals surface area contributed by atoms with E-state index in [0.717, 1.165) is 43.5 Å². The molecule has 1 aliphatic carbocycles. The zero-order valence-electron chi connectivity index (χ0n) is 17.6. The molecule has 4 rings (SSSR count). The number of hydrogen-bond acceptors (Lipinski definition) is 3. The normalized spacial score (nSPS) is 15.7. The number of fused-ring (bicyclic) bond motifs is 1. The second kappa shape index (κ2) is 10.7. The molecular formula is C23H31IN6. The Morgan fingerprint density at radius 1 is 1.03 bits per heavy atom. The number of rotatable bonds is 7. The Morgan fingerprint density at radius 3 is 2.57 bits per heavy atom. The molecule has 6 nitrogen and oxygen atoms in total. The molecule has 1 saturated carbocycles. The van der Waals surface area contributed by atoms with Crippen LogP contribution in [0.1, 0.15) is 44.0 Å². The minimum Gasteiger partial charge on any atom is -0.357 e. The molecular weight excluding hydrogens is 487 g/mol. The number of hydrogen-bond donors (Lipinski definition) is 2. The van der Waals surface area contributed by atoms with Crippen molar-refractivity contribution in [2.75, 3.05) is 19.6 Å². The van der Waals surface area contributed by atoms with Crippen LogP contribution in [0.4, 0.5) is 0 Å². The van der Waals surface area contributed by atoms with Gasteiger partial charge in [-0.05, 0) is 37.5 Å². The number of guanidine groups is 1. The Labute approximate surface area is 195 Å². The van der Waals surface area contributed by atoms with Crippen molar-refractivity contribution in [3.63, 3.8) is 0 Å². The Hall–Kier alpha value is -2.16. The molecule has 1 aromatic carbocycles.